The van der Waals surface area contributed by atoms with Crippen molar-refractivity contribution in [2.45, 2.75) is 16.1 Å². The largest absolute Gasteiger partial charge is 0.481 e. The van der Waals surface area contributed by atoms with Gasteiger partial charge in [-0.25, -0.2) is 8.42 Å². The topological polar surface area (TPSA) is 80.7 Å². The standard InChI is InChI=1S/C18H16BrClO5S/c1-25-10-18(17(21)22)15(11-2-4-12(19)5-3-11)16(18)26(23,24)14-8-6-13(20)7-9-14/h2-9,15-16H,10H2,1H3,(H,21,22)/t15-,16-,18+/m0/s1. The monoisotopic (exact) mass is 458 g/mol. The maximum atomic E-state index is 13.2. The molecule has 0 heterocycles. The van der Waals surface area contributed by atoms with E-state index in [0.29, 0.717) is 10.6 Å². The van der Waals surface area contributed by atoms with Crippen molar-refractivity contribution >= 4 is 43.3 Å². The number of carbonyl (C=O) groups is 1. The molecule has 0 aromatic heterocycles. The van der Waals surface area contributed by atoms with Crippen molar-refractivity contribution in [2.75, 3.05) is 13.7 Å². The Hall–Kier alpha value is -1.41. The van der Waals surface area contributed by atoms with Crippen molar-refractivity contribution in [1.82, 2.24) is 0 Å². The Morgan fingerprint density at radius 2 is 1.77 bits per heavy atom. The predicted octanol–water partition coefficient (Wildman–Crippen LogP) is 3.76. The summed E-state index contributed by atoms with van der Waals surface area (Å²) >= 11 is 9.17. The number of halogens is 2. The van der Waals surface area contributed by atoms with E-state index < -0.39 is 32.4 Å². The fraction of sp³-hybridized carbons (Fsp3) is 0.278. The third-order valence-electron chi connectivity index (χ3n) is 4.74. The number of benzene rings is 2. The van der Waals surface area contributed by atoms with Crippen LogP contribution in [0, 0.1) is 5.41 Å². The minimum absolute atomic E-state index is 0.0493. The molecule has 0 spiro atoms. The molecule has 3 rings (SSSR count). The van der Waals surface area contributed by atoms with Crippen LogP contribution in [0.25, 0.3) is 0 Å². The first-order valence-electron chi connectivity index (χ1n) is 7.72. The van der Waals surface area contributed by atoms with Crippen molar-refractivity contribution in [2.24, 2.45) is 5.41 Å². The van der Waals surface area contributed by atoms with Crippen molar-refractivity contribution < 1.29 is 23.1 Å². The van der Waals surface area contributed by atoms with Crippen LogP contribution in [-0.2, 0) is 19.4 Å². The van der Waals surface area contributed by atoms with E-state index in [1.54, 1.807) is 24.3 Å². The van der Waals surface area contributed by atoms with E-state index in [9.17, 15) is 18.3 Å². The van der Waals surface area contributed by atoms with Crippen molar-refractivity contribution in [1.29, 1.82) is 0 Å². The molecule has 3 atom stereocenters. The van der Waals surface area contributed by atoms with Gasteiger partial charge in [-0.15, -0.1) is 0 Å². The molecule has 0 saturated heterocycles. The third kappa shape index (κ3) is 3.07. The first-order chi connectivity index (χ1) is 12.2. The van der Waals surface area contributed by atoms with E-state index in [2.05, 4.69) is 15.9 Å². The van der Waals surface area contributed by atoms with E-state index in [1.165, 1.54) is 31.4 Å². The van der Waals surface area contributed by atoms with Crippen LogP contribution < -0.4 is 0 Å². The summed E-state index contributed by atoms with van der Waals surface area (Å²) in [6, 6.07) is 12.7. The summed E-state index contributed by atoms with van der Waals surface area (Å²) in [5.74, 6) is -1.89. The van der Waals surface area contributed by atoms with Crippen LogP contribution in [-0.4, -0.2) is 38.5 Å². The fourth-order valence-corrected chi connectivity index (χ4v) is 6.25. The molecule has 26 heavy (non-hydrogen) atoms. The maximum Gasteiger partial charge on any atom is 0.314 e. The molecule has 2 aromatic carbocycles. The van der Waals surface area contributed by atoms with Gasteiger partial charge >= 0.3 is 5.97 Å². The van der Waals surface area contributed by atoms with Gasteiger partial charge in [0.05, 0.1) is 16.8 Å². The van der Waals surface area contributed by atoms with Crippen LogP contribution in [0.1, 0.15) is 11.5 Å². The summed E-state index contributed by atoms with van der Waals surface area (Å²) < 4.78 is 32.3. The van der Waals surface area contributed by atoms with Crippen LogP contribution in [0.15, 0.2) is 57.9 Å². The van der Waals surface area contributed by atoms with Gasteiger partial charge in [0.1, 0.15) is 5.41 Å². The number of ether oxygens (including phenoxy) is 1. The Bertz CT molecular complexity index is 927. The van der Waals surface area contributed by atoms with Gasteiger partial charge in [0.2, 0.25) is 0 Å². The van der Waals surface area contributed by atoms with Crippen LogP contribution >= 0.6 is 27.5 Å². The quantitative estimate of drug-likeness (QED) is 0.711. The van der Waals surface area contributed by atoms with Gasteiger partial charge in [-0.3, -0.25) is 4.79 Å². The van der Waals surface area contributed by atoms with Crippen molar-refractivity contribution in [3.63, 3.8) is 0 Å². The smallest absolute Gasteiger partial charge is 0.314 e. The highest BCUT2D eigenvalue weighted by Gasteiger charge is 2.76. The molecule has 138 valence electrons. The lowest BCUT2D eigenvalue weighted by molar-refractivity contribution is -0.145. The lowest BCUT2D eigenvalue weighted by Gasteiger charge is -2.12. The summed E-state index contributed by atoms with van der Waals surface area (Å²) in [6.07, 6.45) is 0. The molecule has 0 unspecified atom stereocenters. The summed E-state index contributed by atoms with van der Waals surface area (Å²) in [4.78, 5) is 12.1. The summed E-state index contributed by atoms with van der Waals surface area (Å²) in [7, 11) is -2.53. The van der Waals surface area contributed by atoms with Crippen LogP contribution in [0.2, 0.25) is 5.02 Å². The number of hydrogen-bond acceptors (Lipinski definition) is 4. The zero-order chi connectivity index (χ0) is 19.1. The van der Waals surface area contributed by atoms with Crippen molar-refractivity contribution in [3.8, 4) is 0 Å². The molecule has 1 N–H and O–H groups in total. The normalized spacial score (nSPS) is 25.0. The number of sulfone groups is 1. The van der Waals surface area contributed by atoms with Gasteiger partial charge < -0.3 is 9.84 Å². The van der Waals surface area contributed by atoms with E-state index in [4.69, 9.17) is 16.3 Å². The highest BCUT2D eigenvalue weighted by molar-refractivity contribution is 9.10. The number of hydrogen-bond donors (Lipinski definition) is 1. The van der Waals surface area contributed by atoms with Gasteiger partial charge in [-0.05, 0) is 42.0 Å². The van der Waals surface area contributed by atoms with Crippen LogP contribution in [0.4, 0.5) is 0 Å². The Kier molecular flexibility index (Phi) is 5.18. The highest BCUT2D eigenvalue weighted by atomic mass is 79.9. The molecule has 2 aromatic rings. The second-order valence-electron chi connectivity index (χ2n) is 6.23. The number of methoxy groups -OCH3 is 1. The minimum atomic E-state index is -3.90. The Labute approximate surface area is 165 Å². The molecule has 1 aliphatic carbocycles. The molecule has 0 bridgehead atoms. The van der Waals surface area contributed by atoms with Gasteiger partial charge in [-0.2, -0.15) is 0 Å². The predicted molar refractivity (Wildman–Crippen MR) is 101 cm³/mol. The maximum absolute atomic E-state index is 13.2. The lowest BCUT2D eigenvalue weighted by atomic mass is 10.0. The fourth-order valence-electron chi connectivity index (χ4n) is 3.50. The third-order valence-corrected chi connectivity index (χ3v) is 7.81. The van der Waals surface area contributed by atoms with Gasteiger partial charge in [0.25, 0.3) is 0 Å². The minimum Gasteiger partial charge on any atom is -0.481 e. The average molecular weight is 460 g/mol. The molecule has 1 saturated carbocycles. The number of aliphatic carboxylic acids is 1. The Morgan fingerprint density at radius 1 is 1.19 bits per heavy atom. The number of carboxylic acid groups (broad SMARTS) is 1. The molecule has 1 aliphatic rings. The average Bonchev–Trinajstić information content (AvgIpc) is 3.27. The number of carboxylic acids is 1. The van der Waals surface area contributed by atoms with Crippen molar-refractivity contribution in [3.05, 3.63) is 63.6 Å². The van der Waals surface area contributed by atoms with Crippen LogP contribution in [0.3, 0.4) is 0 Å². The molecule has 0 radical (unpaired) electrons. The first kappa shape index (κ1) is 19.4. The Balaban J connectivity index is 2.11. The zero-order valence-corrected chi connectivity index (χ0v) is 16.9. The molecular weight excluding hydrogens is 444 g/mol. The molecule has 0 amide bonds. The van der Waals surface area contributed by atoms with E-state index >= 15 is 0 Å². The summed E-state index contributed by atoms with van der Waals surface area (Å²) in [5.41, 5.74) is -0.878. The van der Waals surface area contributed by atoms with Gasteiger partial charge in [0.15, 0.2) is 9.84 Å². The van der Waals surface area contributed by atoms with E-state index in [1.807, 2.05) is 0 Å². The highest BCUT2D eigenvalue weighted by Crippen LogP contribution is 2.64. The molecule has 0 aliphatic heterocycles. The SMILES string of the molecule is COC[C@@]1(C(=O)O)[C@@H](c2ccc(Br)cc2)[C@@H]1S(=O)(=O)c1ccc(Cl)cc1. The second kappa shape index (κ2) is 6.96. The molecule has 1 fully saturated rings. The zero-order valence-electron chi connectivity index (χ0n) is 13.7. The van der Waals surface area contributed by atoms with Crippen LogP contribution in [0.5, 0.6) is 0 Å². The number of rotatable bonds is 6. The molecule has 5 nitrogen and oxygen atoms in total. The first-order valence-corrected chi connectivity index (χ1v) is 10.4. The van der Waals surface area contributed by atoms with E-state index in [-0.39, 0.29) is 11.5 Å². The van der Waals surface area contributed by atoms with Gasteiger partial charge in [-0.1, -0.05) is 39.7 Å². The summed E-state index contributed by atoms with van der Waals surface area (Å²) in [5, 5.41) is 9.16. The molecular formula is C18H16BrClO5S. The van der Waals surface area contributed by atoms with E-state index in [0.717, 1.165) is 4.47 Å². The lowest BCUT2D eigenvalue weighted by Crippen LogP contribution is -2.28. The van der Waals surface area contributed by atoms with Gasteiger partial charge in [0, 0.05) is 22.5 Å². The molecule has 8 heteroatoms. The Morgan fingerprint density at radius 3 is 2.27 bits per heavy atom. The summed E-state index contributed by atoms with van der Waals surface area (Å²) in [6.45, 7) is -0.194. The second-order valence-corrected chi connectivity index (χ2v) is 9.65.